The first-order chi connectivity index (χ1) is 11.8. The van der Waals surface area contributed by atoms with Crippen LogP contribution in [0.4, 0.5) is 14.5 Å². The van der Waals surface area contributed by atoms with Crippen LogP contribution in [0.1, 0.15) is 18.2 Å². The van der Waals surface area contributed by atoms with Gasteiger partial charge in [0.25, 0.3) is 5.56 Å². The minimum absolute atomic E-state index is 0.00409. The number of halogens is 2. The van der Waals surface area contributed by atoms with Crippen molar-refractivity contribution >= 4 is 17.5 Å². The standard InChI is InChI=1S/C17H17F2N3O3/c1-10-3-6-15(21-11(2)23)17(25)22(10)9-16(24)20-8-12-7-13(18)4-5-14(12)19/h3-7H,8-9H2,1-2H3,(H,20,24)(H,21,23). The summed E-state index contributed by atoms with van der Waals surface area (Å²) >= 11 is 0. The maximum atomic E-state index is 13.5. The van der Waals surface area contributed by atoms with Crippen LogP contribution < -0.4 is 16.2 Å². The van der Waals surface area contributed by atoms with Crippen LogP contribution in [-0.4, -0.2) is 16.4 Å². The van der Waals surface area contributed by atoms with E-state index in [2.05, 4.69) is 10.6 Å². The normalized spacial score (nSPS) is 10.4. The molecule has 2 amide bonds. The molecule has 0 radical (unpaired) electrons. The smallest absolute Gasteiger partial charge is 0.274 e. The van der Waals surface area contributed by atoms with E-state index >= 15 is 0 Å². The predicted octanol–water partition coefficient (Wildman–Crippen LogP) is 1.71. The van der Waals surface area contributed by atoms with Crippen LogP contribution in [0.15, 0.2) is 35.1 Å². The molecule has 0 fully saturated rings. The zero-order chi connectivity index (χ0) is 18.6. The third kappa shape index (κ3) is 4.72. The van der Waals surface area contributed by atoms with E-state index < -0.39 is 29.0 Å². The molecule has 0 aliphatic rings. The molecular formula is C17H17F2N3O3. The number of carbonyl (C=O) groups is 2. The largest absolute Gasteiger partial charge is 0.350 e. The lowest BCUT2D eigenvalue weighted by Crippen LogP contribution is -2.34. The minimum atomic E-state index is -0.636. The van der Waals surface area contributed by atoms with Crippen LogP contribution in [0.3, 0.4) is 0 Å². The van der Waals surface area contributed by atoms with Crippen molar-refractivity contribution in [3.05, 3.63) is 63.6 Å². The summed E-state index contributed by atoms with van der Waals surface area (Å²) in [5.41, 5.74) is 0.0555. The van der Waals surface area contributed by atoms with Crippen molar-refractivity contribution in [2.24, 2.45) is 0 Å². The molecule has 0 aliphatic carbocycles. The van der Waals surface area contributed by atoms with Crippen molar-refractivity contribution in [2.75, 3.05) is 5.32 Å². The second kappa shape index (κ2) is 7.69. The highest BCUT2D eigenvalue weighted by molar-refractivity contribution is 5.88. The second-order valence-corrected chi connectivity index (χ2v) is 5.47. The van der Waals surface area contributed by atoms with Crippen molar-refractivity contribution in [2.45, 2.75) is 26.9 Å². The van der Waals surface area contributed by atoms with Gasteiger partial charge in [0, 0.05) is 24.7 Å². The first-order valence-electron chi connectivity index (χ1n) is 7.46. The lowest BCUT2D eigenvalue weighted by atomic mass is 10.2. The van der Waals surface area contributed by atoms with Crippen LogP contribution in [0.25, 0.3) is 0 Å². The molecule has 1 heterocycles. The average molecular weight is 349 g/mol. The molecule has 2 N–H and O–H groups in total. The van der Waals surface area contributed by atoms with Crippen molar-refractivity contribution in [1.29, 1.82) is 0 Å². The Labute approximate surface area is 142 Å². The Morgan fingerprint density at radius 3 is 2.56 bits per heavy atom. The average Bonchev–Trinajstić information content (AvgIpc) is 2.54. The van der Waals surface area contributed by atoms with Gasteiger partial charge in [0.15, 0.2) is 0 Å². The molecule has 132 valence electrons. The molecule has 0 spiro atoms. The van der Waals surface area contributed by atoms with Crippen LogP contribution >= 0.6 is 0 Å². The third-order valence-corrected chi connectivity index (χ3v) is 3.49. The molecule has 1 aromatic heterocycles. The Morgan fingerprint density at radius 2 is 1.88 bits per heavy atom. The Morgan fingerprint density at radius 1 is 1.16 bits per heavy atom. The number of hydrogen-bond donors (Lipinski definition) is 2. The van der Waals surface area contributed by atoms with Crippen molar-refractivity contribution in [3.8, 4) is 0 Å². The van der Waals surface area contributed by atoms with Gasteiger partial charge in [0.1, 0.15) is 23.9 Å². The Hall–Kier alpha value is -3.03. The number of aromatic nitrogens is 1. The number of benzene rings is 1. The number of hydrogen-bond acceptors (Lipinski definition) is 3. The van der Waals surface area contributed by atoms with Crippen LogP contribution in [-0.2, 0) is 22.7 Å². The lowest BCUT2D eigenvalue weighted by Gasteiger charge is -2.12. The number of carbonyl (C=O) groups excluding carboxylic acids is 2. The summed E-state index contributed by atoms with van der Waals surface area (Å²) in [6, 6.07) is 5.99. The molecule has 0 aliphatic heterocycles. The maximum Gasteiger partial charge on any atom is 0.274 e. The summed E-state index contributed by atoms with van der Waals surface area (Å²) in [5, 5.41) is 4.83. The highest BCUT2D eigenvalue weighted by atomic mass is 19.1. The van der Waals surface area contributed by atoms with Gasteiger partial charge in [-0.1, -0.05) is 0 Å². The molecule has 0 atom stereocenters. The van der Waals surface area contributed by atoms with E-state index in [1.54, 1.807) is 13.0 Å². The quantitative estimate of drug-likeness (QED) is 0.862. The fourth-order valence-electron chi connectivity index (χ4n) is 2.22. The molecule has 1 aromatic carbocycles. The number of nitrogens with zero attached hydrogens (tertiary/aromatic N) is 1. The minimum Gasteiger partial charge on any atom is -0.350 e. The van der Waals surface area contributed by atoms with E-state index in [4.69, 9.17) is 0 Å². The van der Waals surface area contributed by atoms with Gasteiger partial charge in [-0.2, -0.15) is 0 Å². The first-order valence-corrected chi connectivity index (χ1v) is 7.46. The summed E-state index contributed by atoms with van der Waals surface area (Å²) in [6.45, 7) is 2.39. The molecule has 0 saturated carbocycles. The van der Waals surface area contributed by atoms with Gasteiger partial charge in [-0.05, 0) is 37.3 Å². The number of rotatable bonds is 5. The number of anilines is 1. The molecular weight excluding hydrogens is 332 g/mol. The Kier molecular flexibility index (Phi) is 5.63. The lowest BCUT2D eigenvalue weighted by molar-refractivity contribution is -0.122. The number of aryl methyl sites for hydroxylation is 1. The summed E-state index contributed by atoms with van der Waals surface area (Å²) < 4.78 is 27.8. The van der Waals surface area contributed by atoms with E-state index in [1.165, 1.54) is 17.6 Å². The molecule has 8 heteroatoms. The summed E-state index contributed by atoms with van der Waals surface area (Å²) in [4.78, 5) is 35.4. The second-order valence-electron chi connectivity index (χ2n) is 5.47. The van der Waals surface area contributed by atoms with Gasteiger partial charge in [-0.3, -0.25) is 14.4 Å². The molecule has 25 heavy (non-hydrogen) atoms. The number of nitrogens with one attached hydrogen (secondary N) is 2. The summed E-state index contributed by atoms with van der Waals surface area (Å²) in [5.74, 6) is -2.20. The fraction of sp³-hybridized carbons (Fsp3) is 0.235. The molecule has 0 unspecified atom stereocenters. The highest BCUT2D eigenvalue weighted by Crippen LogP contribution is 2.09. The predicted molar refractivity (Wildman–Crippen MR) is 87.9 cm³/mol. The summed E-state index contributed by atoms with van der Waals surface area (Å²) in [6.07, 6.45) is 0. The topological polar surface area (TPSA) is 80.2 Å². The van der Waals surface area contributed by atoms with Crippen LogP contribution in [0, 0.1) is 18.6 Å². The Bertz CT molecular complexity index is 878. The number of pyridine rings is 1. The zero-order valence-corrected chi connectivity index (χ0v) is 13.7. The Balaban J connectivity index is 2.11. The van der Waals surface area contributed by atoms with E-state index in [1.807, 2.05) is 0 Å². The fourth-order valence-corrected chi connectivity index (χ4v) is 2.22. The van der Waals surface area contributed by atoms with Gasteiger partial charge in [-0.25, -0.2) is 8.78 Å². The zero-order valence-electron chi connectivity index (χ0n) is 13.7. The van der Waals surface area contributed by atoms with E-state index in [0.29, 0.717) is 5.69 Å². The van der Waals surface area contributed by atoms with Gasteiger partial charge >= 0.3 is 0 Å². The summed E-state index contributed by atoms with van der Waals surface area (Å²) in [7, 11) is 0. The molecule has 0 saturated heterocycles. The van der Waals surface area contributed by atoms with Gasteiger partial charge in [-0.15, -0.1) is 0 Å². The van der Waals surface area contributed by atoms with Crippen molar-refractivity contribution < 1.29 is 18.4 Å². The highest BCUT2D eigenvalue weighted by Gasteiger charge is 2.12. The van der Waals surface area contributed by atoms with Gasteiger partial charge in [0.05, 0.1) is 0 Å². The molecule has 2 rings (SSSR count). The SMILES string of the molecule is CC(=O)Nc1ccc(C)n(CC(=O)NCc2cc(F)ccc2F)c1=O. The van der Waals surface area contributed by atoms with Crippen LogP contribution in [0.2, 0.25) is 0 Å². The first kappa shape index (κ1) is 18.3. The van der Waals surface area contributed by atoms with E-state index in [0.717, 1.165) is 18.2 Å². The van der Waals surface area contributed by atoms with Crippen molar-refractivity contribution in [1.82, 2.24) is 9.88 Å². The van der Waals surface area contributed by atoms with E-state index in [9.17, 15) is 23.2 Å². The molecule has 6 nitrogen and oxygen atoms in total. The van der Waals surface area contributed by atoms with Crippen LogP contribution in [0.5, 0.6) is 0 Å². The monoisotopic (exact) mass is 349 g/mol. The van der Waals surface area contributed by atoms with E-state index in [-0.39, 0.29) is 24.3 Å². The van der Waals surface area contributed by atoms with Crippen molar-refractivity contribution in [3.63, 3.8) is 0 Å². The number of amides is 2. The maximum absolute atomic E-state index is 13.5. The third-order valence-electron chi connectivity index (χ3n) is 3.49. The molecule has 0 bridgehead atoms. The molecule has 2 aromatic rings. The van der Waals surface area contributed by atoms with Gasteiger partial charge in [0.2, 0.25) is 11.8 Å². The van der Waals surface area contributed by atoms with Gasteiger partial charge < -0.3 is 15.2 Å².